The summed E-state index contributed by atoms with van der Waals surface area (Å²) < 4.78 is 31.7. The molecule has 1 heterocycles. The number of carbonyl (C=O) groups excluding carboxylic acids is 1. The third kappa shape index (κ3) is 3.96. The fraction of sp³-hybridized carbons (Fsp3) is 0.526. The van der Waals surface area contributed by atoms with Gasteiger partial charge in [-0.3, -0.25) is 0 Å². The molecular weight excluding hydrogens is 322 g/mol. The largest absolute Gasteiger partial charge is 0.495 e. The Labute approximate surface area is 149 Å². The van der Waals surface area contributed by atoms with Gasteiger partial charge in [-0.05, 0) is 58.2 Å². The normalized spacial score (nSPS) is 20.8. The molecule has 1 aliphatic heterocycles. The molecule has 0 aliphatic carbocycles. The molecule has 0 N–H and O–H groups in total. The molecule has 4 nitrogen and oxygen atoms in total. The van der Waals surface area contributed by atoms with Crippen LogP contribution < -0.4 is 0 Å². The van der Waals surface area contributed by atoms with E-state index in [0.717, 1.165) is 5.56 Å². The van der Waals surface area contributed by atoms with Crippen LogP contribution >= 0.6 is 0 Å². The van der Waals surface area contributed by atoms with E-state index < -0.39 is 30.5 Å². The van der Waals surface area contributed by atoms with E-state index in [-0.39, 0.29) is 12.2 Å². The van der Waals surface area contributed by atoms with Gasteiger partial charge in [0.1, 0.15) is 0 Å². The summed E-state index contributed by atoms with van der Waals surface area (Å²) in [6.07, 6.45) is -1.87. The van der Waals surface area contributed by atoms with Crippen molar-refractivity contribution in [2.45, 2.75) is 58.9 Å². The van der Waals surface area contributed by atoms with Crippen LogP contribution in [0.25, 0.3) is 5.47 Å². The summed E-state index contributed by atoms with van der Waals surface area (Å²) in [6.45, 7) is 11.1. The van der Waals surface area contributed by atoms with Gasteiger partial charge < -0.3 is 14.0 Å². The van der Waals surface area contributed by atoms with Crippen molar-refractivity contribution in [3.05, 3.63) is 41.5 Å². The Morgan fingerprint density at radius 1 is 1.16 bits per heavy atom. The second-order valence-electron chi connectivity index (χ2n) is 7.17. The summed E-state index contributed by atoms with van der Waals surface area (Å²) in [4.78, 5) is 11.9. The third-order valence-corrected chi connectivity index (χ3v) is 4.87. The maximum Gasteiger partial charge on any atom is 0.495 e. The molecule has 0 bridgehead atoms. The van der Waals surface area contributed by atoms with Crippen LogP contribution in [0.3, 0.4) is 0 Å². The minimum Gasteiger partial charge on any atom is -0.464 e. The zero-order valence-electron chi connectivity index (χ0n) is 15.8. The zero-order chi connectivity index (χ0) is 18.8. The number of carbonyl (C=O) groups is 1. The van der Waals surface area contributed by atoms with Crippen LogP contribution in [0, 0.1) is 0 Å². The molecule has 1 unspecified atom stereocenters. The second kappa shape index (κ2) is 7.30. The Morgan fingerprint density at radius 2 is 1.68 bits per heavy atom. The van der Waals surface area contributed by atoms with E-state index >= 15 is 0 Å². The van der Waals surface area contributed by atoms with E-state index in [9.17, 15) is 9.18 Å². The molecule has 0 radical (unpaired) electrons. The van der Waals surface area contributed by atoms with Crippen LogP contribution in [-0.4, -0.2) is 37.1 Å². The van der Waals surface area contributed by atoms with Crippen molar-refractivity contribution in [3.8, 4) is 0 Å². The van der Waals surface area contributed by atoms with Crippen LogP contribution in [0.15, 0.2) is 35.9 Å². The fourth-order valence-corrected chi connectivity index (χ4v) is 2.66. The number of alkyl halides is 1. The molecule has 1 fully saturated rings. The highest BCUT2D eigenvalue weighted by molar-refractivity contribution is 6.69. The highest BCUT2D eigenvalue weighted by Gasteiger charge is 2.53. The first kappa shape index (κ1) is 19.7. The summed E-state index contributed by atoms with van der Waals surface area (Å²) in [5.74, 6) is -0.898. The minimum atomic E-state index is -1.87. The van der Waals surface area contributed by atoms with Crippen molar-refractivity contribution in [1.29, 1.82) is 0 Å². The first-order valence-corrected chi connectivity index (χ1v) is 8.53. The molecule has 0 aromatic heterocycles. The average molecular weight is 348 g/mol. The highest BCUT2D eigenvalue weighted by atomic mass is 19.1. The number of hydrogen-bond acceptors (Lipinski definition) is 4. The van der Waals surface area contributed by atoms with Crippen LogP contribution in [0.5, 0.6) is 0 Å². The van der Waals surface area contributed by atoms with Gasteiger partial charge in [0, 0.05) is 0 Å². The monoisotopic (exact) mass is 348 g/mol. The molecule has 136 valence electrons. The Balaban J connectivity index is 2.49. The Kier molecular flexibility index (Phi) is 5.74. The number of esters is 1. The number of ether oxygens (including phenoxy) is 1. The van der Waals surface area contributed by atoms with E-state index in [0.29, 0.717) is 5.47 Å². The zero-order valence-corrected chi connectivity index (χ0v) is 15.8. The molecular formula is C19H26BFO4. The van der Waals surface area contributed by atoms with E-state index in [1.54, 1.807) is 13.8 Å². The molecule has 2 rings (SSSR count). The number of rotatable bonds is 5. The molecule has 25 heavy (non-hydrogen) atoms. The number of hydrogen-bond donors (Lipinski definition) is 0. The van der Waals surface area contributed by atoms with Crippen molar-refractivity contribution in [2.75, 3.05) is 6.61 Å². The van der Waals surface area contributed by atoms with Crippen LogP contribution in [-0.2, 0) is 18.8 Å². The van der Waals surface area contributed by atoms with Crippen LogP contribution in [0.2, 0.25) is 0 Å². The molecule has 1 saturated heterocycles. The lowest BCUT2D eigenvalue weighted by atomic mass is 9.70. The average Bonchev–Trinajstić information content (AvgIpc) is 2.75. The maximum absolute atomic E-state index is 14.7. The van der Waals surface area contributed by atoms with Crippen LogP contribution in [0.4, 0.5) is 4.39 Å². The lowest BCUT2D eigenvalue weighted by molar-refractivity contribution is -0.147. The molecule has 0 saturated carbocycles. The topological polar surface area (TPSA) is 44.8 Å². The smallest absolute Gasteiger partial charge is 0.464 e. The number of halogens is 1. The first-order valence-electron chi connectivity index (χ1n) is 8.53. The van der Waals surface area contributed by atoms with Gasteiger partial charge >= 0.3 is 13.1 Å². The van der Waals surface area contributed by atoms with Crippen LogP contribution in [0.1, 0.15) is 47.1 Å². The van der Waals surface area contributed by atoms with E-state index in [4.69, 9.17) is 14.0 Å². The maximum atomic E-state index is 14.7. The highest BCUT2D eigenvalue weighted by Crippen LogP contribution is 2.41. The van der Waals surface area contributed by atoms with Gasteiger partial charge in [-0.15, -0.1) is 0 Å². The van der Waals surface area contributed by atoms with Gasteiger partial charge in [-0.2, -0.15) is 0 Å². The standard InChI is InChI=1S/C19H26BFO4/c1-7-23-17(22)16(21)13(2)15(14-11-9-8-10-12-14)20-24-18(3,4)19(5,6)25-20/h8-12,16H,7H2,1-6H3/b15-13+. The Bertz CT molecular complexity index is 639. The fourth-order valence-electron chi connectivity index (χ4n) is 2.66. The van der Waals surface area contributed by atoms with Gasteiger partial charge in [0.05, 0.1) is 17.8 Å². The van der Waals surface area contributed by atoms with Gasteiger partial charge in [-0.25, -0.2) is 9.18 Å². The van der Waals surface area contributed by atoms with Gasteiger partial charge in [0.25, 0.3) is 0 Å². The van der Waals surface area contributed by atoms with Gasteiger partial charge in [0.15, 0.2) is 0 Å². The summed E-state index contributed by atoms with van der Waals surface area (Å²) in [6, 6.07) is 9.28. The second-order valence-corrected chi connectivity index (χ2v) is 7.17. The minimum absolute atomic E-state index is 0.129. The molecule has 0 spiro atoms. The SMILES string of the molecule is CCOC(=O)C(F)/C(C)=C(/B1OC(C)(C)C(C)(C)O1)c1ccccc1. The molecule has 6 heteroatoms. The van der Waals surface area contributed by atoms with Gasteiger partial charge in [-0.1, -0.05) is 30.3 Å². The van der Waals surface area contributed by atoms with Gasteiger partial charge in [0.2, 0.25) is 6.17 Å². The predicted molar refractivity (Wildman–Crippen MR) is 96.6 cm³/mol. The number of benzene rings is 1. The summed E-state index contributed by atoms with van der Waals surface area (Å²) in [7, 11) is -0.764. The molecule has 1 aliphatic rings. The Morgan fingerprint density at radius 3 is 2.16 bits per heavy atom. The van der Waals surface area contributed by atoms with Crippen molar-refractivity contribution >= 4 is 18.6 Å². The lowest BCUT2D eigenvalue weighted by Crippen LogP contribution is -2.41. The molecule has 1 aromatic carbocycles. The van der Waals surface area contributed by atoms with E-state index in [2.05, 4.69) is 0 Å². The summed E-state index contributed by atoms with van der Waals surface area (Å²) in [5.41, 5.74) is 0.398. The summed E-state index contributed by atoms with van der Waals surface area (Å²) in [5, 5.41) is 0. The third-order valence-electron chi connectivity index (χ3n) is 4.87. The van der Waals surface area contributed by atoms with Crippen molar-refractivity contribution in [1.82, 2.24) is 0 Å². The lowest BCUT2D eigenvalue weighted by Gasteiger charge is -2.32. The Hall–Kier alpha value is -1.66. The van der Waals surface area contributed by atoms with Crippen molar-refractivity contribution < 1.29 is 23.2 Å². The van der Waals surface area contributed by atoms with Crippen molar-refractivity contribution in [3.63, 3.8) is 0 Å². The quantitative estimate of drug-likeness (QED) is 0.596. The summed E-state index contributed by atoms with van der Waals surface area (Å²) >= 11 is 0. The molecule has 0 amide bonds. The molecule has 1 atom stereocenters. The predicted octanol–water partition coefficient (Wildman–Crippen LogP) is 3.99. The first-order chi connectivity index (χ1) is 11.6. The van der Waals surface area contributed by atoms with Crippen molar-refractivity contribution in [2.24, 2.45) is 0 Å². The van der Waals surface area contributed by atoms with E-state index in [1.807, 2.05) is 58.0 Å². The van der Waals surface area contributed by atoms with E-state index in [1.165, 1.54) is 0 Å². The molecule has 1 aromatic rings.